The number of hydrogen-bond donors (Lipinski definition) is 2. The van der Waals surface area contributed by atoms with Gasteiger partial charge in [-0.1, -0.05) is 23.7 Å². The number of halogens is 1. The summed E-state index contributed by atoms with van der Waals surface area (Å²) in [6, 6.07) is 11.0. The van der Waals surface area contributed by atoms with Crippen molar-refractivity contribution in [3.63, 3.8) is 0 Å². The summed E-state index contributed by atoms with van der Waals surface area (Å²) in [5.74, 6) is -0.259. The molecule has 0 radical (unpaired) electrons. The fourth-order valence-electron chi connectivity index (χ4n) is 1.84. The highest BCUT2D eigenvalue weighted by Gasteiger charge is 2.16. The minimum atomic E-state index is -0.299. The lowest BCUT2D eigenvalue weighted by atomic mass is 10.1. The molecular formula is C15H14ClNO3. The van der Waals surface area contributed by atoms with Crippen LogP contribution >= 0.6 is 11.6 Å². The number of rotatable bonds is 3. The largest absolute Gasteiger partial charge is 0.508 e. The molecule has 0 saturated heterocycles. The van der Waals surface area contributed by atoms with Crippen molar-refractivity contribution in [1.82, 2.24) is 4.90 Å². The van der Waals surface area contributed by atoms with Gasteiger partial charge in [0.1, 0.15) is 11.5 Å². The van der Waals surface area contributed by atoms with Gasteiger partial charge in [-0.05, 0) is 35.9 Å². The molecule has 1 amide bonds. The third-order valence-corrected chi connectivity index (χ3v) is 3.13. The maximum atomic E-state index is 12.2. The fraction of sp³-hybridized carbons (Fsp3) is 0.133. The third-order valence-electron chi connectivity index (χ3n) is 2.89. The summed E-state index contributed by atoms with van der Waals surface area (Å²) in [6.07, 6.45) is 0. The summed E-state index contributed by atoms with van der Waals surface area (Å²) in [4.78, 5) is 13.7. The van der Waals surface area contributed by atoms with Crippen LogP contribution in [0.2, 0.25) is 5.02 Å². The molecule has 0 bridgehead atoms. The van der Waals surface area contributed by atoms with Crippen LogP contribution in [-0.2, 0) is 6.54 Å². The Hall–Kier alpha value is -2.20. The molecule has 2 rings (SSSR count). The van der Waals surface area contributed by atoms with Crippen molar-refractivity contribution in [3.05, 3.63) is 58.6 Å². The van der Waals surface area contributed by atoms with E-state index in [1.54, 1.807) is 37.4 Å². The Morgan fingerprint density at radius 3 is 2.40 bits per heavy atom. The van der Waals surface area contributed by atoms with Gasteiger partial charge in [0.05, 0.1) is 5.56 Å². The molecule has 0 heterocycles. The van der Waals surface area contributed by atoms with Crippen LogP contribution in [0.15, 0.2) is 42.5 Å². The molecule has 0 aliphatic rings. The predicted molar refractivity (Wildman–Crippen MR) is 77.0 cm³/mol. The van der Waals surface area contributed by atoms with E-state index in [1.807, 2.05) is 0 Å². The van der Waals surface area contributed by atoms with Crippen LogP contribution in [0.4, 0.5) is 0 Å². The molecule has 2 N–H and O–H groups in total. The minimum Gasteiger partial charge on any atom is -0.508 e. The molecule has 0 saturated carbocycles. The standard InChI is InChI=1S/C15H14ClNO3/c1-17(9-10-2-5-12(18)6-3-10)15(20)13-7-4-11(16)8-14(13)19/h2-8,18-19H,9H2,1H3. The Bertz CT molecular complexity index is 626. The van der Waals surface area contributed by atoms with E-state index in [-0.39, 0.29) is 23.0 Å². The van der Waals surface area contributed by atoms with E-state index in [4.69, 9.17) is 11.6 Å². The van der Waals surface area contributed by atoms with Crippen LogP contribution in [0, 0.1) is 0 Å². The number of nitrogens with zero attached hydrogens (tertiary/aromatic N) is 1. The Balaban J connectivity index is 2.14. The highest BCUT2D eigenvalue weighted by atomic mass is 35.5. The van der Waals surface area contributed by atoms with E-state index in [0.717, 1.165) is 5.56 Å². The zero-order valence-electron chi connectivity index (χ0n) is 10.9. The number of carbonyl (C=O) groups excluding carboxylic acids is 1. The second-order valence-corrected chi connectivity index (χ2v) is 4.93. The Morgan fingerprint density at radius 1 is 1.15 bits per heavy atom. The number of amides is 1. The predicted octanol–water partition coefficient (Wildman–Crippen LogP) is 3.02. The van der Waals surface area contributed by atoms with Gasteiger partial charge in [0, 0.05) is 18.6 Å². The molecule has 2 aromatic carbocycles. The minimum absolute atomic E-state index is 0.139. The quantitative estimate of drug-likeness (QED) is 0.914. The van der Waals surface area contributed by atoms with E-state index in [1.165, 1.54) is 17.0 Å². The average Bonchev–Trinajstić information content (AvgIpc) is 2.40. The molecule has 20 heavy (non-hydrogen) atoms. The highest BCUT2D eigenvalue weighted by molar-refractivity contribution is 6.30. The highest BCUT2D eigenvalue weighted by Crippen LogP contribution is 2.23. The molecule has 0 atom stereocenters. The van der Waals surface area contributed by atoms with Gasteiger partial charge in [-0.25, -0.2) is 0 Å². The first kappa shape index (κ1) is 14.2. The Labute approximate surface area is 121 Å². The monoisotopic (exact) mass is 291 g/mol. The topological polar surface area (TPSA) is 60.8 Å². The van der Waals surface area contributed by atoms with Gasteiger partial charge >= 0.3 is 0 Å². The first-order valence-electron chi connectivity index (χ1n) is 5.99. The lowest BCUT2D eigenvalue weighted by Crippen LogP contribution is -2.26. The molecule has 0 spiro atoms. The van der Waals surface area contributed by atoms with Crippen LogP contribution in [0.1, 0.15) is 15.9 Å². The van der Waals surface area contributed by atoms with Crippen molar-refractivity contribution in [2.75, 3.05) is 7.05 Å². The van der Waals surface area contributed by atoms with E-state index >= 15 is 0 Å². The molecule has 5 heteroatoms. The molecule has 0 aromatic heterocycles. The van der Waals surface area contributed by atoms with Gasteiger partial charge in [0.25, 0.3) is 5.91 Å². The smallest absolute Gasteiger partial charge is 0.257 e. The molecule has 0 aliphatic heterocycles. The van der Waals surface area contributed by atoms with Gasteiger partial charge in [-0.15, -0.1) is 0 Å². The van der Waals surface area contributed by atoms with Crippen molar-refractivity contribution in [1.29, 1.82) is 0 Å². The number of phenolic OH excluding ortho intramolecular Hbond substituents is 2. The molecule has 2 aromatic rings. The van der Waals surface area contributed by atoms with Crippen molar-refractivity contribution in [3.8, 4) is 11.5 Å². The summed E-state index contributed by atoms with van der Waals surface area (Å²) in [5, 5.41) is 19.3. The van der Waals surface area contributed by atoms with Crippen LogP contribution in [-0.4, -0.2) is 28.1 Å². The lowest BCUT2D eigenvalue weighted by Gasteiger charge is -2.18. The summed E-state index contributed by atoms with van der Waals surface area (Å²) in [7, 11) is 1.64. The third kappa shape index (κ3) is 3.22. The van der Waals surface area contributed by atoms with Crippen LogP contribution in [0.3, 0.4) is 0 Å². The number of carbonyl (C=O) groups is 1. The maximum Gasteiger partial charge on any atom is 0.257 e. The van der Waals surface area contributed by atoms with Gasteiger partial charge in [0.15, 0.2) is 0 Å². The van der Waals surface area contributed by atoms with Gasteiger partial charge < -0.3 is 15.1 Å². The van der Waals surface area contributed by atoms with Crippen molar-refractivity contribution < 1.29 is 15.0 Å². The van der Waals surface area contributed by atoms with Gasteiger partial charge in [0.2, 0.25) is 0 Å². The Kier molecular flexibility index (Phi) is 4.15. The zero-order valence-corrected chi connectivity index (χ0v) is 11.6. The number of phenols is 2. The van der Waals surface area contributed by atoms with E-state index in [9.17, 15) is 15.0 Å². The molecule has 104 valence electrons. The van der Waals surface area contributed by atoms with E-state index in [0.29, 0.717) is 11.6 Å². The number of benzene rings is 2. The van der Waals surface area contributed by atoms with Gasteiger partial charge in [-0.3, -0.25) is 4.79 Å². The van der Waals surface area contributed by atoms with Crippen molar-refractivity contribution in [2.45, 2.75) is 6.54 Å². The second-order valence-electron chi connectivity index (χ2n) is 4.49. The molecule has 0 fully saturated rings. The number of aromatic hydroxyl groups is 2. The van der Waals surface area contributed by atoms with Crippen LogP contribution in [0.25, 0.3) is 0 Å². The summed E-state index contributed by atoms with van der Waals surface area (Å²) in [5.41, 5.74) is 1.09. The van der Waals surface area contributed by atoms with Crippen LogP contribution in [0.5, 0.6) is 11.5 Å². The average molecular weight is 292 g/mol. The lowest BCUT2D eigenvalue weighted by molar-refractivity contribution is 0.0782. The zero-order chi connectivity index (χ0) is 14.7. The first-order valence-corrected chi connectivity index (χ1v) is 6.37. The first-order chi connectivity index (χ1) is 9.47. The second kappa shape index (κ2) is 5.84. The van der Waals surface area contributed by atoms with Crippen molar-refractivity contribution >= 4 is 17.5 Å². The molecule has 4 nitrogen and oxygen atoms in total. The van der Waals surface area contributed by atoms with Gasteiger partial charge in [-0.2, -0.15) is 0 Å². The van der Waals surface area contributed by atoms with Crippen molar-refractivity contribution in [2.24, 2.45) is 0 Å². The molecule has 0 aliphatic carbocycles. The SMILES string of the molecule is CN(Cc1ccc(O)cc1)C(=O)c1ccc(Cl)cc1O. The van der Waals surface area contributed by atoms with E-state index < -0.39 is 0 Å². The number of hydrogen-bond acceptors (Lipinski definition) is 3. The van der Waals surface area contributed by atoms with E-state index in [2.05, 4.69) is 0 Å². The molecule has 0 unspecified atom stereocenters. The maximum absolute atomic E-state index is 12.2. The summed E-state index contributed by atoms with van der Waals surface area (Å²) >= 11 is 5.74. The fourth-order valence-corrected chi connectivity index (χ4v) is 2.00. The summed E-state index contributed by atoms with van der Waals surface area (Å²) < 4.78 is 0. The Morgan fingerprint density at radius 2 is 1.80 bits per heavy atom. The normalized spacial score (nSPS) is 10.3. The summed E-state index contributed by atoms with van der Waals surface area (Å²) in [6.45, 7) is 0.376. The van der Waals surface area contributed by atoms with Crippen LogP contribution < -0.4 is 0 Å². The molecular weight excluding hydrogens is 278 g/mol.